The number of carbonyl (C=O) groups is 1. The second-order valence-corrected chi connectivity index (χ2v) is 6.10. The zero-order valence-corrected chi connectivity index (χ0v) is 12.6. The summed E-state index contributed by atoms with van der Waals surface area (Å²) in [4.78, 5) is 13.0. The number of nitrogens with two attached hydrogens (primary N) is 1. The fourth-order valence-corrected chi connectivity index (χ4v) is 2.72. The number of amides is 1. The van der Waals surface area contributed by atoms with Crippen molar-refractivity contribution in [2.45, 2.75) is 32.4 Å². The van der Waals surface area contributed by atoms with E-state index in [0.717, 1.165) is 5.56 Å². The number of hydrogen-bond donors (Lipinski definition) is 2. The second-order valence-electron chi connectivity index (χ2n) is 5.15. The minimum Gasteiger partial charge on any atom is -0.353 e. The Morgan fingerprint density at radius 2 is 1.95 bits per heavy atom. The quantitative estimate of drug-likeness (QED) is 0.889. The molecule has 0 aliphatic carbocycles. The standard InChI is InChI=1S/C16H20N2OS/c1-11(2)18-16(19)14(17)10-12-5-7-13(8-6-12)15-4-3-9-20-15/h3-9,11,14H,10,17H2,1-2H3,(H,18,19)/t14-/m0/s1. The first-order valence-corrected chi connectivity index (χ1v) is 7.63. The van der Waals surface area contributed by atoms with Gasteiger partial charge in [-0.05, 0) is 42.8 Å². The molecule has 1 aromatic carbocycles. The van der Waals surface area contributed by atoms with Crippen LogP contribution in [0.1, 0.15) is 19.4 Å². The molecule has 1 heterocycles. The Kier molecular flexibility index (Phi) is 4.93. The summed E-state index contributed by atoms with van der Waals surface area (Å²) in [5, 5.41) is 4.90. The second kappa shape index (κ2) is 6.68. The van der Waals surface area contributed by atoms with E-state index in [4.69, 9.17) is 5.73 Å². The van der Waals surface area contributed by atoms with Crippen molar-refractivity contribution >= 4 is 17.2 Å². The molecule has 106 valence electrons. The zero-order valence-electron chi connectivity index (χ0n) is 11.8. The van der Waals surface area contributed by atoms with Gasteiger partial charge in [-0.2, -0.15) is 0 Å². The maximum atomic E-state index is 11.8. The van der Waals surface area contributed by atoms with Crippen LogP contribution in [-0.2, 0) is 11.2 Å². The van der Waals surface area contributed by atoms with Crippen LogP contribution >= 0.6 is 11.3 Å². The molecule has 1 atom stereocenters. The van der Waals surface area contributed by atoms with Crippen LogP contribution in [0.3, 0.4) is 0 Å². The molecule has 2 rings (SSSR count). The van der Waals surface area contributed by atoms with Crippen molar-refractivity contribution in [3.05, 3.63) is 47.3 Å². The number of nitrogens with one attached hydrogen (secondary N) is 1. The number of rotatable bonds is 5. The van der Waals surface area contributed by atoms with Gasteiger partial charge in [0.05, 0.1) is 6.04 Å². The molecule has 0 bridgehead atoms. The van der Waals surface area contributed by atoms with E-state index >= 15 is 0 Å². The van der Waals surface area contributed by atoms with E-state index in [9.17, 15) is 4.79 Å². The minimum absolute atomic E-state index is 0.0951. The summed E-state index contributed by atoms with van der Waals surface area (Å²) in [5.41, 5.74) is 8.20. The summed E-state index contributed by atoms with van der Waals surface area (Å²) >= 11 is 1.72. The van der Waals surface area contributed by atoms with Crippen LogP contribution < -0.4 is 11.1 Å². The summed E-state index contributed by atoms with van der Waals surface area (Å²) in [7, 11) is 0. The molecule has 1 aromatic heterocycles. The summed E-state index contributed by atoms with van der Waals surface area (Å²) in [5.74, 6) is -0.0951. The van der Waals surface area contributed by atoms with Gasteiger partial charge in [0.2, 0.25) is 5.91 Å². The van der Waals surface area contributed by atoms with E-state index < -0.39 is 6.04 Å². The van der Waals surface area contributed by atoms with Gasteiger partial charge in [0.1, 0.15) is 0 Å². The van der Waals surface area contributed by atoms with Gasteiger partial charge in [-0.25, -0.2) is 0 Å². The first-order valence-electron chi connectivity index (χ1n) is 6.75. The van der Waals surface area contributed by atoms with Gasteiger partial charge in [-0.1, -0.05) is 30.3 Å². The lowest BCUT2D eigenvalue weighted by atomic mass is 10.0. The summed E-state index contributed by atoms with van der Waals surface area (Å²) in [6.07, 6.45) is 0.559. The van der Waals surface area contributed by atoms with Crippen molar-refractivity contribution in [2.75, 3.05) is 0 Å². The Morgan fingerprint density at radius 3 is 2.50 bits per heavy atom. The van der Waals surface area contributed by atoms with Crippen molar-refractivity contribution in [3.63, 3.8) is 0 Å². The third-order valence-corrected chi connectivity index (χ3v) is 3.90. The Morgan fingerprint density at radius 1 is 1.25 bits per heavy atom. The molecule has 3 N–H and O–H groups in total. The monoisotopic (exact) mass is 288 g/mol. The topological polar surface area (TPSA) is 55.1 Å². The molecule has 0 radical (unpaired) electrons. The molecular weight excluding hydrogens is 268 g/mol. The van der Waals surface area contributed by atoms with Crippen LogP contribution in [0.2, 0.25) is 0 Å². The zero-order chi connectivity index (χ0) is 14.5. The number of hydrogen-bond acceptors (Lipinski definition) is 3. The molecule has 0 fully saturated rings. The first kappa shape index (κ1) is 14.8. The fraction of sp³-hybridized carbons (Fsp3) is 0.312. The van der Waals surface area contributed by atoms with Crippen molar-refractivity contribution in [3.8, 4) is 10.4 Å². The Bertz CT molecular complexity index is 546. The van der Waals surface area contributed by atoms with Crippen molar-refractivity contribution in [1.29, 1.82) is 0 Å². The van der Waals surface area contributed by atoms with E-state index in [1.807, 2.05) is 32.0 Å². The molecule has 0 saturated carbocycles. The smallest absolute Gasteiger partial charge is 0.237 e. The number of carbonyl (C=O) groups excluding carboxylic acids is 1. The van der Waals surface area contributed by atoms with E-state index in [1.165, 1.54) is 10.4 Å². The highest BCUT2D eigenvalue weighted by atomic mass is 32.1. The van der Waals surface area contributed by atoms with Crippen molar-refractivity contribution < 1.29 is 4.79 Å². The van der Waals surface area contributed by atoms with Crippen molar-refractivity contribution in [1.82, 2.24) is 5.32 Å². The maximum absolute atomic E-state index is 11.8. The van der Waals surface area contributed by atoms with E-state index in [1.54, 1.807) is 11.3 Å². The van der Waals surface area contributed by atoms with Crippen LogP contribution in [0.5, 0.6) is 0 Å². The molecule has 0 unspecified atom stereocenters. The normalized spacial score (nSPS) is 12.4. The van der Waals surface area contributed by atoms with Gasteiger partial charge < -0.3 is 11.1 Å². The van der Waals surface area contributed by atoms with Crippen LogP contribution in [0, 0.1) is 0 Å². The molecule has 2 aromatic rings. The molecule has 0 saturated heterocycles. The number of benzene rings is 1. The summed E-state index contributed by atoms with van der Waals surface area (Å²) in [6, 6.07) is 12.0. The van der Waals surface area contributed by atoms with Crippen molar-refractivity contribution in [2.24, 2.45) is 5.73 Å². The lowest BCUT2D eigenvalue weighted by molar-refractivity contribution is -0.122. The third kappa shape index (κ3) is 3.92. The highest BCUT2D eigenvalue weighted by molar-refractivity contribution is 7.13. The van der Waals surface area contributed by atoms with E-state index in [-0.39, 0.29) is 11.9 Å². The Balaban J connectivity index is 1.98. The molecular formula is C16H20N2OS. The SMILES string of the molecule is CC(C)NC(=O)[C@@H](N)Cc1ccc(-c2cccs2)cc1. The first-order chi connectivity index (χ1) is 9.56. The van der Waals surface area contributed by atoms with Gasteiger partial charge in [0.25, 0.3) is 0 Å². The molecule has 20 heavy (non-hydrogen) atoms. The van der Waals surface area contributed by atoms with Gasteiger partial charge in [-0.15, -0.1) is 11.3 Å². The minimum atomic E-state index is -0.495. The van der Waals surface area contributed by atoms with Crippen LogP contribution in [-0.4, -0.2) is 18.0 Å². The predicted octanol–water partition coefficient (Wildman–Crippen LogP) is 2.81. The van der Waals surface area contributed by atoms with Gasteiger partial charge >= 0.3 is 0 Å². The van der Waals surface area contributed by atoms with Gasteiger partial charge in [0.15, 0.2) is 0 Å². The van der Waals surface area contributed by atoms with Crippen LogP contribution in [0.25, 0.3) is 10.4 Å². The van der Waals surface area contributed by atoms with E-state index in [2.05, 4.69) is 28.9 Å². The number of thiophene rings is 1. The van der Waals surface area contributed by atoms with Crippen LogP contribution in [0.4, 0.5) is 0 Å². The third-order valence-electron chi connectivity index (χ3n) is 2.98. The van der Waals surface area contributed by atoms with Crippen LogP contribution in [0.15, 0.2) is 41.8 Å². The average molecular weight is 288 g/mol. The highest BCUT2D eigenvalue weighted by Gasteiger charge is 2.14. The summed E-state index contributed by atoms with van der Waals surface area (Å²) in [6.45, 7) is 3.86. The average Bonchev–Trinajstić information content (AvgIpc) is 2.92. The molecule has 0 aliphatic rings. The lowest BCUT2D eigenvalue weighted by Gasteiger charge is -2.14. The maximum Gasteiger partial charge on any atom is 0.237 e. The van der Waals surface area contributed by atoms with Gasteiger partial charge in [-0.3, -0.25) is 4.79 Å². The summed E-state index contributed by atoms with van der Waals surface area (Å²) < 4.78 is 0. The largest absolute Gasteiger partial charge is 0.353 e. The highest BCUT2D eigenvalue weighted by Crippen LogP contribution is 2.24. The molecule has 0 spiro atoms. The van der Waals surface area contributed by atoms with Gasteiger partial charge in [0, 0.05) is 10.9 Å². The molecule has 0 aliphatic heterocycles. The fourth-order valence-electron chi connectivity index (χ4n) is 1.99. The Hall–Kier alpha value is -1.65. The predicted molar refractivity (Wildman–Crippen MR) is 84.7 cm³/mol. The molecule has 4 heteroatoms. The molecule has 1 amide bonds. The molecule has 3 nitrogen and oxygen atoms in total. The lowest BCUT2D eigenvalue weighted by Crippen LogP contribution is -2.44. The Labute approximate surface area is 123 Å². The van der Waals surface area contributed by atoms with E-state index in [0.29, 0.717) is 6.42 Å².